The summed E-state index contributed by atoms with van der Waals surface area (Å²) in [4.78, 5) is 0. The topological polar surface area (TPSA) is 29.5 Å². The van der Waals surface area contributed by atoms with Gasteiger partial charge in [0.1, 0.15) is 6.10 Å². The number of hydrogen-bond donors (Lipinski definition) is 1. The van der Waals surface area contributed by atoms with Crippen LogP contribution < -0.4 is 0 Å². The predicted octanol–water partition coefficient (Wildman–Crippen LogP) is 3.77. The van der Waals surface area contributed by atoms with Crippen molar-refractivity contribution in [1.82, 2.24) is 0 Å². The summed E-state index contributed by atoms with van der Waals surface area (Å²) < 4.78 is 5.78. The molecular weight excluding hydrogens is 224 g/mol. The molecule has 0 amide bonds. The first-order chi connectivity index (χ1) is 8.69. The van der Waals surface area contributed by atoms with Crippen molar-refractivity contribution >= 4 is 0 Å². The van der Waals surface area contributed by atoms with E-state index in [0.29, 0.717) is 0 Å². The first kappa shape index (κ1) is 13.6. The summed E-state index contributed by atoms with van der Waals surface area (Å²) >= 11 is 0. The standard InChI is InChI=1S/C16H24O2/c1-13-9-5-6-10-14(13)15(17)16(18-2)11-7-3-4-8-12-16/h5-6,9-10,15,17H,3-4,7-8,11-12H2,1-2H3. The Bertz CT molecular complexity index is 378. The summed E-state index contributed by atoms with van der Waals surface area (Å²) in [6, 6.07) is 8.08. The normalized spacial score (nSPS) is 21.3. The summed E-state index contributed by atoms with van der Waals surface area (Å²) in [5.41, 5.74) is 1.77. The fraction of sp³-hybridized carbons (Fsp3) is 0.625. The molecule has 18 heavy (non-hydrogen) atoms. The maximum atomic E-state index is 10.8. The third-order valence-corrected chi connectivity index (χ3v) is 4.34. The molecule has 0 heterocycles. The number of aliphatic hydroxyl groups is 1. The number of rotatable bonds is 3. The SMILES string of the molecule is COC1(C(O)c2ccccc2C)CCCCCC1. The third kappa shape index (κ3) is 2.60. The van der Waals surface area contributed by atoms with E-state index in [-0.39, 0.29) is 5.60 Å². The van der Waals surface area contributed by atoms with Crippen molar-refractivity contribution < 1.29 is 9.84 Å². The zero-order chi connectivity index (χ0) is 13.0. The lowest BCUT2D eigenvalue weighted by Gasteiger charge is -2.37. The van der Waals surface area contributed by atoms with Gasteiger partial charge in [-0.3, -0.25) is 0 Å². The molecule has 0 saturated heterocycles. The molecule has 1 unspecified atom stereocenters. The lowest BCUT2D eigenvalue weighted by atomic mass is 9.83. The highest BCUT2D eigenvalue weighted by Gasteiger charge is 2.39. The van der Waals surface area contributed by atoms with E-state index >= 15 is 0 Å². The van der Waals surface area contributed by atoms with Crippen LogP contribution in [0.4, 0.5) is 0 Å². The molecule has 1 aromatic rings. The second-order valence-electron chi connectivity index (χ2n) is 5.44. The third-order valence-electron chi connectivity index (χ3n) is 4.34. The molecule has 0 aliphatic heterocycles. The van der Waals surface area contributed by atoms with E-state index < -0.39 is 6.10 Å². The highest BCUT2D eigenvalue weighted by molar-refractivity contribution is 5.29. The lowest BCUT2D eigenvalue weighted by Crippen LogP contribution is -2.38. The van der Waals surface area contributed by atoms with Gasteiger partial charge in [-0.1, -0.05) is 49.9 Å². The summed E-state index contributed by atoms with van der Waals surface area (Å²) in [5.74, 6) is 0. The average molecular weight is 248 g/mol. The predicted molar refractivity (Wildman–Crippen MR) is 73.6 cm³/mol. The van der Waals surface area contributed by atoms with Gasteiger partial charge >= 0.3 is 0 Å². The van der Waals surface area contributed by atoms with Gasteiger partial charge in [-0.15, -0.1) is 0 Å². The van der Waals surface area contributed by atoms with E-state index in [1.54, 1.807) is 7.11 Å². The molecule has 2 heteroatoms. The molecular formula is C16H24O2. The molecule has 1 atom stereocenters. The van der Waals surface area contributed by atoms with Crippen LogP contribution in [0, 0.1) is 6.92 Å². The van der Waals surface area contributed by atoms with Crippen LogP contribution in [0.25, 0.3) is 0 Å². The number of hydrogen-bond acceptors (Lipinski definition) is 2. The Morgan fingerprint density at radius 2 is 1.72 bits per heavy atom. The Hall–Kier alpha value is -0.860. The van der Waals surface area contributed by atoms with Gasteiger partial charge in [0.2, 0.25) is 0 Å². The van der Waals surface area contributed by atoms with Gasteiger partial charge in [0.15, 0.2) is 0 Å². The Balaban J connectivity index is 2.28. The zero-order valence-electron chi connectivity index (χ0n) is 11.5. The molecule has 100 valence electrons. The van der Waals surface area contributed by atoms with E-state index in [4.69, 9.17) is 4.74 Å². The average Bonchev–Trinajstić information content (AvgIpc) is 2.65. The molecule has 0 radical (unpaired) electrons. The van der Waals surface area contributed by atoms with Crippen molar-refractivity contribution in [3.63, 3.8) is 0 Å². The van der Waals surface area contributed by atoms with E-state index in [1.807, 2.05) is 18.2 Å². The van der Waals surface area contributed by atoms with Gasteiger partial charge < -0.3 is 9.84 Å². The van der Waals surface area contributed by atoms with Crippen LogP contribution in [0.1, 0.15) is 55.8 Å². The van der Waals surface area contributed by atoms with Crippen LogP contribution in [0.15, 0.2) is 24.3 Å². The molecule has 1 fully saturated rings. The Morgan fingerprint density at radius 1 is 1.11 bits per heavy atom. The molecule has 1 N–H and O–H groups in total. The zero-order valence-corrected chi connectivity index (χ0v) is 11.5. The minimum absolute atomic E-state index is 0.386. The molecule has 2 rings (SSSR count). The summed E-state index contributed by atoms with van der Waals surface area (Å²) in [6.07, 6.45) is 6.21. The molecule has 0 aromatic heterocycles. The van der Waals surface area contributed by atoms with Gasteiger partial charge in [0.25, 0.3) is 0 Å². The van der Waals surface area contributed by atoms with Crippen molar-refractivity contribution in [2.45, 2.75) is 57.2 Å². The molecule has 0 bridgehead atoms. The van der Waals surface area contributed by atoms with Crippen LogP contribution in [-0.2, 0) is 4.74 Å². The van der Waals surface area contributed by atoms with Crippen LogP contribution in [0.2, 0.25) is 0 Å². The number of methoxy groups -OCH3 is 1. The van der Waals surface area contributed by atoms with Crippen LogP contribution >= 0.6 is 0 Å². The number of aryl methyl sites for hydroxylation is 1. The Morgan fingerprint density at radius 3 is 2.28 bits per heavy atom. The number of ether oxygens (including phenoxy) is 1. The maximum Gasteiger partial charge on any atom is 0.108 e. The minimum atomic E-state index is -0.512. The molecule has 1 saturated carbocycles. The van der Waals surface area contributed by atoms with Crippen molar-refractivity contribution in [2.24, 2.45) is 0 Å². The van der Waals surface area contributed by atoms with E-state index in [2.05, 4.69) is 13.0 Å². The number of aliphatic hydroxyl groups excluding tert-OH is 1. The molecule has 1 aliphatic carbocycles. The Labute approximate surface area is 110 Å². The minimum Gasteiger partial charge on any atom is -0.385 e. The van der Waals surface area contributed by atoms with Crippen molar-refractivity contribution in [2.75, 3.05) is 7.11 Å². The highest BCUT2D eigenvalue weighted by Crippen LogP contribution is 2.40. The lowest BCUT2D eigenvalue weighted by molar-refractivity contribution is -0.114. The van der Waals surface area contributed by atoms with Gasteiger partial charge in [0, 0.05) is 7.11 Å². The molecule has 0 spiro atoms. The van der Waals surface area contributed by atoms with Crippen LogP contribution in [0.5, 0.6) is 0 Å². The Kier molecular flexibility index (Phi) is 4.41. The van der Waals surface area contributed by atoms with Crippen LogP contribution in [0.3, 0.4) is 0 Å². The van der Waals surface area contributed by atoms with Crippen molar-refractivity contribution in [3.8, 4) is 0 Å². The van der Waals surface area contributed by atoms with Gasteiger partial charge in [0.05, 0.1) is 5.60 Å². The van der Waals surface area contributed by atoms with Crippen molar-refractivity contribution in [3.05, 3.63) is 35.4 Å². The molecule has 1 aromatic carbocycles. The van der Waals surface area contributed by atoms with Gasteiger partial charge in [-0.05, 0) is 30.9 Å². The van der Waals surface area contributed by atoms with Gasteiger partial charge in [-0.25, -0.2) is 0 Å². The molecule has 2 nitrogen and oxygen atoms in total. The number of benzene rings is 1. The van der Waals surface area contributed by atoms with Gasteiger partial charge in [-0.2, -0.15) is 0 Å². The second kappa shape index (κ2) is 5.85. The quantitative estimate of drug-likeness (QED) is 0.825. The summed E-state index contributed by atoms with van der Waals surface area (Å²) in [7, 11) is 1.74. The monoisotopic (exact) mass is 248 g/mol. The largest absolute Gasteiger partial charge is 0.385 e. The van der Waals surface area contributed by atoms with E-state index in [1.165, 1.54) is 12.8 Å². The first-order valence-corrected chi connectivity index (χ1v) is 6.98. The fourth-order valence-electron chi connectivity index (χ4n) is 3.09. The van der Waals surface area contributed by atoms with Crippen molar-refractivity contribution in [1.29, 1.82) is 0 Å². The first-order valence-electron chi connectivity index (χ1n) is 6.98. The summed E-state index contributed by atoms with van der Waals surface area (Å²) in [5, 5.41) is 10.8. The highest BCUT2D eigenvalue weighted by atomic mass is 16.5. The van der Waals surface area contributed by atoms with Crippen LogP contribution in [-0.4, -0.2) is 17.8 Å². The smallest absolute Gasteiger partial charge is 0.108 e. The van der Waals surface area contributed by atoms with E-state index in [0.717, 1.165) is 36.8 Å². The summed E-state index contributed by atoms with van der Waals surface area (Å²) in [6.45, 7) is 2.05. The molecule has 1 aliphatic rings. The maximum absolute atomic E-state index is 10.8. The second-order valence-corrected chi connectivity index (χ2v) is 5.44. The van der Waals surface area contributed by atoms with E-state index in [9.17, 15) is 5.11 Å². The fourth-order valence-corrected chi connectivity index (χ4v) is 3.09.